The second-order valence-corrected chi connectivity index (χ2v) is 4.49. The third-order valence-electron chi connectivity index (χ3n) is 2.44. The monoisotopic (exact) mass is 256 g/mol. The molecule has 0 spiro atoms. The van der Waals surface area contributed by atoms with Crippen molar-refractivity contribution in [1.29, 1.82) is 0 Å². The lowest BCUT2D eigenvalue weighted by molar-refractivity contribution is -0.120. The molecule has 0 saturated carbocycles. The van der Waals surface area contributed by atoms with Crippen LogP contribution in [0.3, 0.4) is 0 Å². The standard InChI is InChI=1S/C13H18F2N2O/c1-8(2)17-13(18)7-16-9(3)11-6-10(14)4-5-12(11)15/h4-6,8-9,16H,7H2,1-3H3,(H,17,18). The van der Waals surface area contributed by atoms with Crippen molar-refractivity contribution in [3.05, 3.63) is 35.4 Å². The van der Waals surface area contributed by atoms with E-state index in [1.54, 1.807) is 6.92 Å². The predicted octanol–water partition coefficient (Wildman–Crippen LogP) is 2.14. The van der Waals surface area contributed by atoms with Gasteiger partial charge in [-0.3, -0.25) is 4.79 Å². The second kappa shape index (κ2) is 6.44. The fourth-order valence-corrected chi connectivity index (χ4v) is 1.58. The molecule has 1 rings (SSSR count). The van der Waals surface area contributed by atoms with Gasteiger partial charge < -0.3 is 10.6 Å². The Balaban J connectivity index is 2.57. The largest absolute Gasteiger partial charge is 0.353 e. The molecule has 0 aromatic heterocycles. The van der Waals surface area contributed by atoms with Crippen LogP contribution in [0, 0.1) is 11.6 Å². The van der Waals surface area contributed by atoms with E-state index in [0.717, 1.165) is 18.2 Å². The highest BCUT2D eigenvalue weighted by molar-refractivity contribution is 5.78. The molecule has 0 saturated heterocycles. The zero-order valence-corrected chi connectivity index (χ0v) is 10.8. The van der Waals surface area contributed by atoms with Crippen molar-refractivity contribution in [3.8, 4) is 0 Å². The Kier molecular flexibility index (Phi) is 5.22. The van der Waals surface area contributed by atoms with Crippen LogP contribution in [0.15, 0.2) is 18.2 Å². The molecule has 0 bridgehead atoms. The molecule has 3 nitrogen and oxygen atoms in total. The fourth-order valence-electron chi connectivity index (χ4n) is 1.58. The highest BCUT2D eigenvalue weighted by atomic mass is 19.1. The maximum atomic E-state index is 13.4. The van der Waals surface area contributed by atoms with Gasteiger partial charge in [-0.1, -0.05) is 0 Å². The zero-order valence-electron chi connectivity index (χ0n) is 10.8. The van der Waals surface area contributed by atoms with Crippen LogP contribution in [0.4, 0.5) is 8.78 Å². The molecule has 18 heavy (non-hydrogen) atoms. The number of benzene rings is 1. The maximum absolute atomic E-state index is 13.4. The van der Waals surface area contributed by atoms with Gasteiger partial charge in [0.15, 0.2) is 0 Å². The van der Waals surface area contributed by atoms with E-state index in [1.807, 2.05) is 13.8 Å². The molecule has 1 atom stereocenters. The summed E-state index contributed by atoms with van der Waals surface area (Å²) in [7, 11) is 0. The van der Waals surface area contributed by atoms with Gasteiger partial charge >= 0.3 is 0 Å². The molecule has 0 aliphatic carbocycles. The highest BCUT2D eigenvalue weighted by Crippen LogP contribution is 2.17. The van der Waals surface area contributed by atoms with Crippen molar-refractivity contribution < 1.29 is 13.6 Å². The Hall–Kier alpha value is -1.49. The van der Waals surface area contributed by atoms with E-state index in [4.69, 9.17) is 0 Å². The molecule has 0 aliphatic heterocycles. The molecule has 0 fully saturated rings. The summed E-state index contributed by atoms with van der Waals surface area (Å²) in [4.78, 5) is 11.4. The molecule has 100 valence electrons. The molecule has 5 heteroatoms. The zero-order chi connectivity index (χ0) is 13.7. The SMILES string of the molecule is CC(C)NC(=O)CNC(C)c1cc(F)ccc1F. The maximum Gasteiger partial charge on any atom is 0.234 e. The lowest BCUT2D eigenvalue weighted by atomic mass is 10.1. The van der Waals surface area contributed by atoms with Gasteiger partial charge in [0.05, 0.1) is 6.54 Å². The van der Waals surface area contributed by atoms with Crippen molar-refractivity contribution in [1.82, 2.24) is 10.6 Å². The number of carbonyl (C=O) groups excluding carboxylic acids is 1. The number of nitrogens with one attached hydrogen (secondary N) is 2. The fraction of sp³-hybridized carbons (Fsp3) is 0.462. The first kappa shape index (κ1) is 14.6. The van der Waals surface area contributed by atoms with E-state index in [9.17, 15) is 13.6 Å². The predicted molar refractivity (Wildman–Crippen MR) is 66.1 cm³/mol. The number of hydrogen-bond acceptors (Lipinski definition) is 2. The molecule has 2 N–H and O–H groups in total. The summed E-state index contributed by atoms with van der Waals surface area (Å²) < 4.78 is 26.5. The Morgan fingerprint density at radius 2 is 1.94 bits per heavy atom. The van der Waals surface area contributed by atoms with Crippen LogP contribution in [-0.4, -0.2) is 18.5 Å². The van der Waals surface area contributed by atoms with Crippen molar-refractivity contribution in [2.24, 2.45) is 0 Å². The molecule has 0 heterocycles. The molecular weight excluding hydrogens is 238 g/mol. The summed E-state index contributed by atoms with van der Waals surface area (Å²) in [5.74, 6) is -1.15. The quantitative estimate of drug-likeness (QED) is 0.847. The Morgan fingerprint density at radius 1 is 1.28 bits per heavy atom. The number of hydrogen-bond donors (Lipinski definition) is 2. The minimum absolute atomic E-state index is 0.0560. The van der Waals surface area contributed by atoms with Gasteiger partial charge in [0, 0.05) is 17.6 Å². The first-order valence-electron chi connectivity index (χ1n) is 5.88. The van der Waals surface area contributed by atoms with E-state index in [-0.39, 0.29) is 24.1 Å². The van der Waals surface area contributed by atoms with E-state index < -0.39 is 17.7 Å². The summed E-state index contributed by atoms with van der Waals surface area (Å²) >= 11 is 0. The molecule has 1 unspecified atom stereocenters. The van der Waals surface area contributed by atoms with E-state index in [2.05, 4.69) is 10.6 Å². The van der Waals surface area contributed by atoms with Gasteiger partial charge in [-0.15, -0.1) is 0 Å². The van der Waals surface area contributed by atoms with Crippen molar-refractivity contribution >= 4 is 5.91 Å². The third-order valence-corrected chi connectivity index (χ3v) is 2.44. The van der Waals surface area contributed by atoms with Crippen LogP contribution in [0.2, 0.25) is 0 Å². The van der Waals surface area contributed by atoms with Crippen molar-refractivity contribution in [3.63, 3.8) is 0 Å². The smallest absolute Gasteiger partial charge is 0.234 e. The first-order valence-corrected chi connectivity index (χ1v) is 5.88. The van der Waals surface area contributed by atoms with Gasteiger partial charge in [0.2, 0.25) is 5.91 Å². The van der Waals surface area contributed by atoms with E-state index in [1.165, 1.54) is 0 Å². The van der Waals surface area contributed by atoms with Gasteiger partial charge in [-0.2, -0.15) is 0 Å². The number of rotatable bonds is 5. The summed E-state index contributed by atoms with van der Waals surface area (Å²) in [6.07, 6.45) is 0. The van der Waals surface area contributed by atoms with Crippen LogP contribution in [0.5, 0.6) is 0 Å². The van der Waals surface area contributed by atoms with Crippen molar-refractivity contribution in [2.45, 2.75) is 32.9 Å². The van der Waals surface area contributed by atoms with E-state index >= 15 is 0 Å². The lowest BCUT2D eigenvalue weighted by Crippen LogP contribution is -2.38. The molecule has 1 aromatic rings. The molecular formula is C13H18F2N2O. The average Bonchev–Trinajstić information content (AvgIpc) is 2.28. The summed E-state index contributed by atoms with van der Waals surface area (Å²) in [6.45, 7) is 5.46. The Morgan fingerprint density at radius 3 is 2.56 bits per heavy atom. The molecule has 1 amide bonds. The van der Waals surface area contributed by atoms with E-state index in [0.29, 0.717) is 0 Å². The highest BCUT2D eigenvalue weighted by Gasteiger charge is 2.13. The van der Waals surface area contributed by atoms with Gasteiger partial charge in [0.25, 0.3) is 0 Å². The summed E-state index contributed by atoms with van der Waals surface area (Å²) in [5, 5.41) is 5.56. The number of carbonyl (C=O) groups is 1. The minimum atomic E-state index is -0.494. The van der Waals surface area contributed by atoms with Gasteiger partial charge in [-0.25, -0.2) is 8.78 Å². The number of amides is 1. The lowest BCUT2D eigenvalue weighted by Gasteiger charge is -2.16. The minimum Gasteiger partial charge on any atom is -0.353 e. The molecule has 1 aromatic carbocycles. The third kappa shape index (κ3) is 4.41. The second-order valence-electron chi connectivity index (χ2n) is 4.49. The van der Waals surface area contributed by atoms with Gasteiger partial charge in [0.1, 0.15) is 11.6 Å². The Bertz CT molecular complexity index is 421. The topological polar surface area (TPSA) is 41.1 Å². The first-order chi connectivity index (χ1) is 8.40. The van der Waals surface area contributed by atoms with Gasteiger partial charge in [-0.05, 0) is 39.0 Å². The van der Waals surface area contributed by atoms with Crippen LogP contribution >= 0.6 is 0 Å². The van der Waals surface area contributed by atoms with Crippen LogP contribution in [0.25, 0.3) is 0 Å². The molecule has 0 aliphatic rings. The van der Waals surface area contributed by atoms with Crippen LogP contribution < -0.4 is 10.6 Å². The Labute approximate surface area is 106 Å². The van der Waals surface area contributed by atoms with Crippen molar-refractivity contribution in [2.75, 3.05) is 6.54 Å². The summed E-state index contributed by atoms with van der Waals surface area (Å²) in [5.41, 5.74) is 0.215. The number of halogens is 2. The molecule has 0 radical (unpaired) electrons. The summed E-state index contributed by atoms with van der Waals surface area (Å²) in [6, 6.07) is 2.90. The van der Waals surface area contributed by atoms with Crippen LogP contribution in [-0.2, 0) is 4.79 Å². The normalized spacial score (nSPS) is 12.6. The average molecular weight is 256 g/mol. The van der Waals surface area contributed by atoms with Crippen LogP contribution in [0.1, 0.15) is 32.4 Å².